The third-order valence-corrected chi connectivity index (χ3v) is 5.05. The van der Waals surface area contributed by atoms with E-state index in [-0.39, 0.29) is 5.92 Å². The lowest BCUT2D eigenvalue weighted by Crippen LogP contribution is -2.41. The van der Waals surface area contributed by atoms with Crippen LogP contribution in [0.25, 0.3) is 0 Å². The largest absolute Gasteiger partial charge is 0.389 e. The van der Waals surface area contributed by atoms with Gasteiger partial charge in [0.1, 0.15) is 0 Å². The zero-order chi connectivity index (χ0) is 13.6. The molecule has 1 heterocycles. The second kappa shape index (κ2) is 4.42. The van der Waals surface area contributed by atoms with E-state index >= 15 is 0 Å². The van der Waals surface area contributed by atoms with Crippen LogP contribution in [0.2, 0.25) is 0 Å². The van der Waals surface area contributed by atoms with Gasteiger partial charge in [0.25, 0.3) is 0 Å². The van der Waals surface area contributed by atoms with Crippen LogP contribution in [0.3, 0.4) is 0 Å². The first kappa shape index (κ1) is 12.1. The van der Waals surface area contributed by atoms with Crippen LogP contribution in [0.15, 0.2) is 42.6 Å². The summed E-state index contributed by atoms with van der Waals surface area (Å²) in [4.78, 5) is 4.56. The Kier molecular flexibility index (Phi) is 2.67. The minimum absolute atomic E-state index is 0.201. The lowest BCUT2D eigenvalue weighted by Gasteiger charge is -2.38. The van der Waals surface area contributed by atoms with Gasteiger partial charge in [0, 0.05) is 24.2 Å². The molecule has 102 valence electrons. The first-order valence-corrected chi connectivity index (χ1v) is 7.49. The SMILES string of the molecule is OC1(C2CCc3cccnc32)CCc2ccccc2C1. The third-order valence-electron chi connectivity index (χ3n) is 5.05. The molecule has 0 fully saturated rings. The molecule has 20 heavy (non-hydrogen) atoms. The molecule has 2 aliphatic carbocycles. The topological polar surface area (TPSA) is 33.1 Å². The number of benzene rings is 1. The van der Waals surface area contributed by atoms with Gasteiger partial charge in [0.2, 0.25) is 0 Å². The Labute approximate surface area is 119 Å². The molecule has 0 saturated carbocycles. The van der Waals surface area contributed by atoms with Gasteiger partial charge in [-0.2, -0.15) is 0 Å². The molecule has 0 aliphatic heterocycles. The van der Waals surface area contributed by atoms with Crippen LogP contribution in [0.5, 0.6) is 0 Å². The molecule has 0 radical (unpaired) electrons. The molecule has 4 rings (SSSR count). The number of hydrogen-bond donors (Lipinski definition) is 1. The Bertz CT molecular complexity index is 651. The van der Waals surface area contributed by atoms with E-state index in [0.717, 1.165) is 37.8 Å². The van der Waals surface area contributed by atoms with Crippen molar-refractivity contribution in [3.63, 3.8) is 0 Å². The van der Waals surface area contributed by atoms with Crippen LogP contribution in [0, 0.1) is 0 Å². The average molecular weight is 265 g/mol. The van der Waals surface area contributed by atoms with Gasteiger partial charge in [-0.05, 0) is 48.4 Å². The summed E-state index contributed by atoms with van der Waals surface area (Å²) in [7, 11) is 0. The van der Waals surface area contributed by atoms with E-state index in [0.29, 0.717) is 0 Å². The van der Waals surface area contributed by atoms with E-state index in [9.17, 15) is 5.11 Å². The number of aryl methyl sites for hydroxylation is 2. The number of fused-ring (bicyclic) bond motifs is 2. The predicted octanol–water partition coefficient (Wildman–Crippen LogP) is 3.03. The van der Waals surface area contributed by atoms with E-state index in [1.165, 1.54) is 16.7 Å². The second-order valence-corrected chi connectivity index (χ2v) is 6.19. The molecule has 2 aliphatic rings. The zero-order valence-electron chi connectivity index (χ0n) is 11.5. The Balaban J connectivity index is 1.70. The minimum atomic E-state index is -0.617. The molecular formula is C18H19NO. The maximum Gasteiger partial charge on any atom is 0.0774 e. The fourth-order valence-corrected chi connectivity index (χ4v) is 3.98. The molecule has 2 heteroatoms. The molecule has 0 spiro atoms. The van der Waals surface area contributed by atoms with Crippen molar-refractivity contribution in [1.82, 2.24) is 4.98 Å². The van der Waals surface area contributed by atoms with Crippen LogP contribution in [-0.4, -0.2) is 15.7 Å². The Morgan fingerprint density at radius 3 is 2.70 bits per heavy atom. The van der Waals surface area contributed by atoms with Gasteiger partial charge in [-0.1, -0.05) is 30.3 Å². The number of pyridine rings is 1. The smallest absolute Gasteiger partial charge is 0.0774 e. The van der Waals surface area contributed by atoms with Crippen LogP contribution in [-0.2, 0) is 19.3 Å². The minimum Gasteiger partial charge on any atom is -0.389 e. The number of hydrogen-bond acceptors (Lipinski definition) is 2. The highest BCUT2D eigenvalue weighted by molar-refractivity contribution is 5.37. The van der Waals surface area contributed by atoms with Gasteiger partial charge in [-0.25, -0.2) is 0 Å². The Hall–Kier alpha value is -1.67. The highest BCUT2D eigenvalue weighted by Crippen LogP contribution is 2.45. The lowest BCUT2D eigenvalue weighted by molar-refractivity contribution is -0.00202. The number of aliphatic hydroxyl groups is 1. The van der Waals surface area contributed by atoms with Gasteiger partial charge in [0.05, 0.1) is 5.60 Å². The maximum absolute atomic E-state index is 11.2. The van der Waals surface area contributed by atoms with Crippen molar-refractivity contribution < 1.29 is 5.11 Å². The molecule has 1 aromatic heterocycles. The summed E-state index contributed by atoms with van der Waals surface area (Å²) in [5, 5.41) is 11.2. The van der Waals surface area contributed by atoms with Crippen molar-refractivity contribution in [2.75, 3.05) is 0 Å². The summed E-state index contributed by atoms with van der Waals surface area (Å²) in [5.41, 5.74) is 4.55. The van der Waals surface area contributed by atoms with Gasteiger partial charge >= 0.3 is 0 Å². The molecule has 0 amide bonds. The van der Waals surface area contributed by atoms with Crippen LogP contribution in [0.4, 0.5) is 0 Å². The molecule has 1 aromatic carbocycles. The first-order valence-electron chi connectivity index (χ1n) is 7.49. The van der Waals surface area contributed by atoms with Gasteiger partial charge in [-0.3, -0.25) is 4.98 Å². The average Bonchev–Trinajstić information content (AvgIpc) is 2.92. The Morgan fingerprint density at radius 1 is 1.00 bits per heavy atom. The van der Waals surface area contributed by atoms with E-state index < -0.39 is 5.60 Å². The van der Waals surface area contributed by atoms with Crippen molar-refractivity contribution in [1.29, 1.82) is 0 Å². The van der Waals surface area contributed by atoms with Crippen molar-refractivity contribution in [3.05, 3.63) is 65.0 Å². The van der Waals surface area contributed by atoms with Crippen molar-refractivity contribution in [2.24, 2.45) is 0 Å². The van der Waals surface area contributed by atoms with Gasteiger partial charge in [0.15, 0.2) is 0 Å². The van der Waals surface area contributed by atoms with Crippen molar-refractivity contribution in [2.45, 2.75) is 43.6 Å². The highest BCUT2D eigenvalue weighted by atomic mass is 16.3. The van der Waals surface area contributed by atoms with Gasteiger partial charge < -0.3 is 5.11 Å². The van der Waals surface area contributed by atoms with Crippen LogP contribution < -0.4 is 0 Å². The third kappa shape index (κ3) is 1.79. The summed E-state index contributed by atoms with van der Waals surface area (Å²) in [6, 6.07) is 12.7. The van der Waals surface area contributed by atoms with Crippen LogP contribution in [0.1, 0.15) is 41.1 Å². The summed E-state index contributed by atoms with van der Waals surface area (Å²) < 4.78 is 0. The molecule has 0 bridgehead atoms. The molecule has 2 aromatic rings. The number of rotatable bonds is 1. The molecule has 1 N–H and O–H groups in total. The summed E-state index contributed by atoms with van der Waals surface area (Å²) >= 11 is 0. The second-order valence-electron chi connectivity index (χ2n) is 6.19. The molecule has 2 nitrogen and oxygen atoms in total. The monoisotopic (exact) mass is 265 g/mol. The molecule has 2 unspecified atom stereocenters. The number of aromatic nitrogens is 1. The van der Waals surface area contributed by atoms with Crippen molar-refractivity contribution in [3.8, 4) is 0 Å². The lowest BCUT2D eigenvalue weighted by atomic mass is 9.72. The van der Waals surface area contributed by atoms with Crippen molar-refractivity contribution >= 4 is 0 Å². The quantitative estimate of drug-likeness (QED) is 0.859. The highest BCUT2D eigenvalue weighted by Gasteiger charge is 2.43. The fourth-order valence-electron chi connectivity index (χ4n) is 3.98. The standard InChI is InChI=1S/C18H19NO/c20-18(10-9-13-4-1-2-5-15(13)12-18)16-8-7-14-6-3-11-19-17(14)16/h1-6,11,16,20H,7-10,12H2. The molecule has 2 atom stereocenters. The first-order chi connectivity index (χ1) is 9.76. The zero-order valence-corrected chi connectivity index (χ0v) is 11.5. The summed E-state index contributed by atoms with van der Waals surface area (Å²) in [6.45, 7) is 0. The van der Waals surface area contributed by atoms with E-state index in [1.54, 1.807) is 0 Å². The summed E-state index contributed by atoms with van der Waals surface area (Å²) in [6.07, 6.45) is 6.54. The van der Waals surface area contributed by atoms with E-state index in [4.69, 9.17) is 0 Å². The Morgan fingerprint density at radius 2 is 1.80 bits per heavy atom. The van der Waals surface area contributed by atoms with E-state index in [1.807, 2.05) is 12.3 Å². The summed E-state index contributed by atoms with van der Waals surface area (Å²) in [5.74, 6) is 0.201. The van der Waals surface area contributed by atoms with E-state index in [2.05, 4.69) is 35.3 Å². The normalized spacial score (nSPS) is 27.9. The number of nitrogens with zero attached hydrogens (tertiary/aromatic N) is 1. The maximum atomic E-state index is 11.2. The van der Waals surface area contributed by atoms with Gasteiger partial charge in [-0.15, -0.1) is 0 Å². The van der Waals surface area contributed by atoms with Crippen LogP contribution >= 0.6 is 0 Å². The molecular weight excluding hydrogens is 246 g/mol. The predicted molar refractivity (Wildman–Crippen MR) is 78.7 cm³/mol. The molecule has 0 saturated heterocycles. The fraction of sp³-hybridized carbons (Fsp3) is 0.389.